The van der Waals surface area contributed by atoms with Crippen LogP contribution in [0.4, 0.5) is 5.95 Å². The van der Waals surface area contributed by atoms with Crippen molar-refractivity contribution in [3.63, 3.8) is 0 Å². The third kappa shape index (κ3) is 5.16. The summed E-state index contributed by atoms with van der Waals surface area (Å²) < 4.78 is 0. The smallest absolute Gasteiger partial charge is 0.252 e. The number of hydrogen-bond donors (Lipinski definition) is 3. The zero-order chi connectivity index (χ0) is 17.3. The standard InChI is InChI=1S/C17H28N4O2/c1-16(2,3)9-13-12(14(18)22)10-19-15(21-13)20-11-5-7-17(4,23)8-6-11/h10-11,23H,5-9H2,1-4H3,(H2,18,22)(H,19,20,21). The second kappa shape index (κ2) is 6.43. The number of nitrogens with one attached hydrogen (secondary N) is 1. The van der Waals surface area contributed by atoms with Crippen LogP contribution in [0.2, 0.25) is 0 Å². The summed E-state index contributed by atoms with van der Waals surface area (Å²) in [4.78, 5) is 20.3. The van der Waals surface area contributed by atoms with E-state index in [0.29, 0.717) is 23.6 Å². The molecule has 2 rings (SSSR count). The Bertz CT molecular complexity index is 568. The quantitative estimate of drug-likeness (QED) is 0.790. The number of aromatic nitrogens is 2. The van der Waals surface area contributed by atoms with Gasteiger partial charge in [-0.1, -0.05) is 20.8 Å². The number of nitrogens with two attached hydrogens (primary N) is 1. The number of aliphatic hydroxyl groups is 1. The molecule has 1 aliphatic carbocycles. The molecule has 6 heteroatoms. The molecule has 0 spiro atoms. The van der Waals surface area contributed by atoms with E-state index in [4.69, 9.17) is 5.73 Å². The molecule has 6 nitrogen and oxygen atoms in total. The normalized spacial score (nSPS) is 25.2. The van der Waals surface area contributed by atoms with E-state index in [1.165, 1.54) is 6.20 Å². The Kier molecular flexibility index (Phi) is 4.94. The molecule has 0 unspecified atom stereocenters. The minimum Gasteiger partial charge on any atom is -0.390 e. The summed E-state index contributed by atoms with van der Waals surface area (Å²) in [6, 6.07) is 0.247. The molecule has 1 aromatic heterocycles. The molecular weight excluding hydrogens is 292 g/mol. The molecule has 0 aliphatic heterocycles. The van der Waals surface area contributed by atoms with Gasteiger partial charge in [0.15, 0.2) is 0 Å². The van der Waals surface area contributed by atoms with E-state index in [-0.39, 0.29) is 11.5 Å². The summed E-state index contributed by atoms with van der Waals surface area (Å²) in [5.41, 5.74) is 5.94. The molecule has 0 atom stereocenters. The van der Waals surface area contributed by atoms with E-state index < -0.39 is 11.5 Å². The molecule has 0 radical (unpaired) electrons. The van der Waals surface area contributed by atoms with Crippen molar-refractivity contribution < 1.29 is 9.90 Å². The van der Waals surface area contributed by atoms with Gasteiger partial charge in [0, 0.05) is 12.2 Å². The predicted octanol–water partition coefficient (Wildman–Crippen LogP) is 2.27. The van der Waals surface area contributed by atoms with Gasteiger partial charge in [-0.3, -0.25) is 4.79 Å². The van der Waals surface area contributed by atoms with Gasteiger partial charge >= 0.3 is 0 Å². The van der Waals surface area contributed by atoms with Crippen LogP contribution in [0.25, 0.3) is 0 Å². The van der Waals surface area contributed by atoms with Crippen molar-refractivity contribution in [2.75, 3.05) is 5.32 Å². The molecule has 0 saturated heterocycles. The van der Waals surface area contributed by atoms with E-state index in [2.05, 4.69) is 36.1 Å². The summed E-state index contributed by atoms with van der Waals surface area (Å²) in [6.45, 7) is 8.16. The number of nitrogens with zero attached hydrogens (tertiary/aromatic N) is 2. The van der Waals surface area contributed by atoms with E-state index in [0.717, 1.165) is 25.7 Å². The zero-order valence-electron chi connectivity index (χ0n) is 14.5. The average molecular weight is 320 g/mol. The molecular formula is C17H28N4O2. The second-order valence-electron chi connectivity index (χ2n) is 8.07. The molecule has 0 bridgehead atoms. The first-order chi connectivity index (χ1) is 10.6. The molecule has 128 valence electrons. The number of anilines is 1. The maximum Gasteiger partial charge on any atom is 0.252 e. The lowest BCUT2D eigenvalue weighted by Crippen LogP contribution is -2.36. The third-order valence-electron chi connectivity index (χ3n) is 4.23. The fraction of sp³-hybridized carbons (Fsp3) is 0.706. The van der Waals surface area contributed by atoms with Crippen molar-refractivity contribution in [3.8, 4) is 0 Å². The van der Waals surface area contributed by atoms with Gasteiger partial charge in [0.25, 0.3) is 5.91 Å². The summed E-state index contributed by atoms with van der Waals surface area (Å²) in [6.07, 6.45) is 5.45. The highest BCUT2D eigenvalue weighted by Gasteiger charge is 2.29. The van der Waals surface area contributed by atoms with Crippen LogP contribution < -0.4 is 11.1 Å². The SMILES string of the molecule is CC(C)(C)Cc1nc(NC2CCC(C)(O)CC2)ncc1C(N)=O. The number of carbonyl (C=O) groups is 1. The summed E-state index contributed by atoms with van der Waals surface area (Å²) in [7, 11) is 0. The van der Waals surface area contributed by atoms with E-state index in [1.807, 2.05) is 6.92 Å². The third-order valence-corrected chi connectivity index (χ3v) is 4.23. The Morgan fingerprint density at radius 3 is 2.57 bits per heavy atom. The van der Waals surface area contributed by atoms with Crippen molar-refractivity contribution in [2.24, 2.45) is 11.1 Å². The fourth-order valence-electron chi connectivity index (χ4n) is 2.90. The zero-order valence-corrected chi connectivity index (χ0v) is 14.5. The summed E-state index contributed by atoms with van der Waals surface area (Å²) >= 11 is 0. The Labute approximate surface area is 137 Å². The van der Waals surface area contributed by atoms with Gasteiger partial charge in [-0.15, -0.1) is 0 Å². The van der Waals surface area contributed by atoms with Crippen molar-refractivity contribution in [1.29, 1.82) is 0 Å². The van der Waals surface area contributed by atoms with Crippen LogP contribution in [-0.4, -0.2) is 32.6 Å². The maximum absolute atomic E-state index is 11.6. The van der Waals surface area contributed by atoms with E-state index in [9.17, 15) is 9.90 Å². The lowest BCUT2D eigenvalue weighted by Gasteiger charge is -2.33. The van der Waals surface area contributed by atoms with Crippen molar-refractivity contribution in [3.05, 3.63) is 17.5 Å². The van der Waals surface area contributed by atoms with E-state index in [1.54, 1.807) is 0 Å². The van der Waals surface area contributed by atoms with Gasteiger partial charge in [-0.2, -0.15) is 0 Å². The Morgan fingerprint density at radius 2 is 2.04 bits per heavy atom. The monoisotopic (exact) mass is 320 g/mol. The number of primary amides is 1. The molecule has 1 amide bonds. The molecule has 1 aliphatic rings. The van der Waals surface area contributed by atoms with Crippen LogP contribution in [0.3, 0.4) is 0 Å². The molecule has 1 heterocycles. The Hall–Kier alpha value is -1.69. The highest BCUT2D eigenvalue weighted by Crippen LogP contribution is 2.29. The summed E-state index contributed by atoms with van der Waals surface area (Å²) in [5.74, 6) is 0.0327. The first-order valence-corrected chi connectivity index (χ1v) is 8.20. The largest absolute Gasteiger partial charge is 0.390 e. The highest BCUT2D eigenvalue weighted by atomic mass is 16.3. The Morgan fingerprint density at radius 1 is 1.43 bits per heavy atom. The van der Waals surface area contributed by atoms with Gasteiger partial charge in [-0.05, 0) is 44.4 Å². The van der Waals surface area contributed by atoms with Gasteiger partial charge in [0.1, 0.15) is 0 Å². The van der Waals surface area contributed by atoms with Crippen LogP contribution >= 0.6 is 0 Å². The Balaban J connectivity index is 2.14. The molecule has 0 aromatic carbocycles. The van der Waals surface area contributed by atoms with Crippen LogP contribution in [0.1, 0.15) is 69.4 Å². The second-order valence-corrected chi connectivity index (χ2v) is 8.07. The first kappa shape index (κ1) is 17.7. The summed E-state index contributed by atoms with van der Waals surface area (Å²) in [5, 5.41) is 13.3. The van der Waals surface area contributed by atoms with Gasteiger partial charge in [-0.25, -0.2) is 9.97 Å². The molecule has 23 heavy (non-hydrogen) atoms. The van der Waals surface area contributed by atoms with Gasteiger partial charge in [0.2, 0.25) is 5.95 Å². The van der Waals surface area contributed by atoms with Crippen molar-refractivity contribution in [2.45, 2.75) is 71.4 Å². The van der Waals surface area contributed by atoms with Crippen LogP contribution in [0.5, 0.6) is 0 Å². The van der Waals surface area contributed by atoms with Crippen molar-refractivity contribution in [1.82, 2.24) is 9.97 Å². The first-order valence-electron chi connectivity index (χ1n) is 8.20. The molecule has 1 saturated carbocycles. The number of carbonyl (C=O) groups excluding carboxylic acids is 1. The molecule has 4 N–H and O–H groups in total. The van der Waals surface area contributed by atoms with E-state index >= 15 is 0 Å². The lowest BCUT2D eigenvalue weighted by atomic mass is 9.84. The number of rotatable bonds is 4. The average Bonchev–Trinajstić information content (AvgIpc) is 2.39. The van der Waals surface area contributed by atoms with Crippen LogP contribution in [0.15, 0.2) is 6.20 Å². The van der Waals surface area contributed by atoms with Gasteiger partial charge < -0.3 is 16.2 Å². The maximum atomic E-state index is 11.6. The lowest BCUT2D eigenvalue weighted by molar-refractivity contribution is 0.0195. The topological polar surface area (TPSA) is 101 Å². The van der Waals surface area contributed by atoms with Crippen molar-refractivity contribution >= 4 is 11.9 Å². The van der Waals surface area contributed by atoms with Crippen LogP contribution in [-0.2, 0) is 6.42 Å². The minimum atomic E-state index is -0.563. The van der Waals surface area contributed by atoms with Crippen LogP contribution in [0, 0.1) is 5.41 Å². The molecule has 1 aromatic rings. The number of amides is 1. The minimum absolute atomic E-state index is 0.000631. The predicted molar refractivity (Wildman–Crippen MR) is 90.2 cm³/mol. The molecule has 1 fully saturated rings. The number of hydrogen-bond acceptors (Lipinski definition) is 5. The highest BCUT2D eigenvalue weighted by molar-refractivity contribution is 5.93. The fourth-order valence-corrected chi connectivity index (χ4v) is 2.90. The van der Waals surface area contributed by atoms with Gasteiger partial charge in [0.05, 0.1) is 16.9 Å².